The van der Waals surface area contributed by atoms with Gasteiger partial charge >= 0.3 is 5.97 Å². The van der Waals surface area contributed by atoms with E-state index in [-0.39, 0.29) is 17.7 Å². The molecule has 0 bridgehead atoms. The van der Waals surface area contributed by atoms with Gasteiger partial charge in [-0.3, -0.25) is 9.59 Å². The minimum Gasteiger partial charge on any atom is -0.481 e. The van der Waals surface area contributed by atoms with Crippen LogP contribution in [0.5, 0.6) is 0 Å². The Morgan fingerprint density at radius 2 is 1.75 bits per heavy atom. The van der Waals surface area contributed by atoms with E-state index in [1.54, 1.807) is 6.07 Å². The summed E-state index contributed by atoms with van der Waals surface area (Å²) in [4.78, 5) is 22.4. The Hall–Kier alpha value is -1.26. The lowest BCUT2D eigenvalue weighted by Crippen LogP contribution is -2.41. The Morgan fingerprint density at radius 3 is 2.30 bits per heavy atom. The monoisotopic (exact) mass is 315 g/mol. The van der Waals surface area contributed by atoms with Gasteiger partial charge in [0.2, 0.25) is 5.91 Å². The molecule has 4 nitrogen and oxygen atoms in total. The Morgan fingerprint density at radius 1 is 1.15 bits per heavy atom. The fraction of sp³-hybridized carbons (Fsp3) is 0.429. The molecule has 0 saturated heterocycles. The van der Waals surface area contributed by atoms with Gasteiger partial charge in [-0.05, 0) is 43.0 Å². The summed E-state index contributed by atoms with van der Waals surface area (Å²) < 4.78 is 0. The van der Waals surface area contributed by atoms with Crippen molar-refractivity contribution in [2.75, 3.05) is 6.54 Å². The highest BCUT2D eigenvalue weighted by molar-refractivity contribution is 6.34. The third-order valence-corrected chi connectivity index (χ3v) is 3.93. The van der Waals surface area contributed by atoms with Crippen LogP contribution >= 0.6 is 23.2 Å². The highest BCUT2D eigenvalue weighted by Crippen LogP contribution is 2.33. The van der Waals surface area contributed by atoms with E-state index >= 15 is 0 Å². The largest absolute Gasteiger partial charge is 0.481 e. The smallest absolute Gasteiger partial charge is 0.306 e. The van der Waals surface area contributed by atoms with Crippen molar-refractivity contribution < 1.29 is 14.7 Å². The second-order valence-corrected chi connectivity index (χ2v) is 5.90. The first-order valence-electron chi connectivity index (χ1n) is 6.41. The second kappa shape index (κ2) is 6.46. The molecule has 20 heavy (non-hydrogen) atoms. The van der Waals surface area contributed by atoms with E-state index < -0.39 is 5.97 Å². The summed E-state index contributed by atoms with van der Waals surface area (Å²) in [6.45, 7) is 0.490. The summed E-state index contributed by atoms with van der Waals surface area (Å²) in [6, 6.07) is 5.28. The van der Waals surface area contributed by atoms with E-state index in [1.807, 2.05) is 12.1 Å². The molecule has 0 unspecified atom stereocenters. The van der Waals surface area contributed by atoms with Crippen molar-refractivity contribution in [2.45, 2.75) is 19.3 Å². The molecule has 1 aromatic rings. The average molecular weight is 316 g/mol. The van der Waals surface area contributed by atoms with Crippen molar-refractivity contribution in [3.63, 3.8) is 0 Å². The number of hydrogen-bond donors (Lipinski definition) is 2. The number of carboxylic acids is 1. The minimum absolute atomic E-state index is 0.0735. The van der Waals surface area contributed by atoms with Gasteiger partial charge in [-0.15, -0.1) is 0 Å². The topological polar surface area (TPSA) is 66.4 Å². The van der Waals surface area contributed by atoms with Crippen LogP contribution in [0.1, 0.15) is 18.4 Å². The van der Waals surface area contributed by atoms with Crippen LogP contribution in [0.3, 0.4) is 0 Å². The van der Waals surface area contributed by atoms with Gasteiger partial charge in [0.1, 0.15) is 0 Å². The van der Waals surface area contributed by atoms with E-state index in [0.717, 1.165) is 5.56 Å². The van der Waals surface area contributed by atoms with E-state index in [2.05, 4.69) is 5.32 Å². The molecule has 0 radical (unpaired) electrons. The maximum absolute atomic E-state index is 11.8. The summed E-state index contributed by atoms with van der Waals surface area (Å²) in [6.07, 6.45) is 1.51. The number of benzene rings is 1. The summed E-state index contributed by atoms with van der Waals surface area (Å²) in [5, 5.41) is 12.7. The number of carbonyl (C=O) groups excluding carboxylic acids is 1. The molecule has 1 amide bonds. The summed E-state index contributed by atoms with van der Waals surface area (Å²) in [5.41, 5.74) is 0.958. The third kappa shape index (κ3) is 3.87. The standard InChI is InChI=1S/C14H15Cl2NO3/c15-11-3-8(4-12(16)7-11)1-2-17-13(18)9-5-10(6-9)14(19)20/h3-4,7,9-10H,1-2,5-6H2,(H,17,18)(H,19,20). The average Bonchev–Trinajstić information content (AvgIpc) is 2.24. The van der Waals surface area contributed by atoms with Gasteiger partial charge < -0.3 is 10.4 Å². The molecule has 2 rings (SSSR count). The number of nitrogens with one attached hydrogen (secondary N) is 1. The normalized spacial score (nSPS) is 21.1. The first-order valence-corrected chi connectivity index (χ1v) is 7.17. The van der Waals surface area contributed by atoms with Crippen LogP contribution in [0, 0.1) is 11.8 Å². The Bertz CT molecular complexity index is 507. The fourth-order valence-electron chi connectivity index (χ4n) is 2.26. The Kier molecular flexibility index (Phi) is 4.89. The predicted molar refractivity (Wildman–Crippen MR) is 77.0 cm³/mol. The number of amides is 1. The molecule has 1 aliphatic rings. The number of rotatable bonds is 5. The van der Waals surface area contributed by atoms with Crippen LogP contribution in [0.4, 0.5) is 0 Å². The molecule has 0 spiro atoms. The van der Waals surface area contributed by atoms with Crippen LogP contribution in [0.2, 0.25) is 10.0 Å². The lowest BCUT2D eigenvalue weighted by molar-refractivity contribution is -0.148. The zero-order valence-electron chi connectivity index (χ0n) is 10.7. The molecule has 6 heteroatoms. The predicted octanol–water partition coefficient (Wildman–Crippen LogP) is 2.76. The van der Waals surface area contributed by atoms with Gasteiger partial charge in [-0.25, -0.2) is 0 Å². The van der Waals surface area contributed by atoms with Crippen LogP contribution in [0.25, 0.3) is 0 Å². The lowest BCUT2D eigenvalue weighted by atomic mass is 9.74. The van der Waals surface area contributed by atoms with Crippen LogP contribution in [-0.2, 0) is 16.0 Å². The van der Waals surface area contributed by atoms with Crippen LogP contribution in [0.15, 0.2) is 18.2 Å². The van der Waals surface area contributed by atoms with Crippen molar-refractivity contribution in [2.24, 2.45) is 11.8 Å². The Labute approximate surface area is 127 Å². The van der Waals surface area contributed by atoms with Gasteiger partial charge in [0, 0.05) is 22.5 Å². The molecule has 0 aliphatic heterocycles. The van der Waals surface area contributed by atoms with Crippen molar-refractivity contribution in [1.29, 1.82) is 0 Å². The zero-order valence-corrected chi connectivity index (χ0v) is 12.2. The number of carboxylic acid groups (broad SMARTS) is 1. The number of halogens is 2. The fourth-order valence-corrected chi connectivity index (χ4v) is 2.83. The van der Waals surface area contributed by atoms with E-state index in [9.17, 15) is 9.59 Å². The number of aliphatic carboxylic acids is 1. The molecule has 1 saturated carbocycles. The molecule has 1 aliphatic carbocycles. The number of hydrogen-bond acceptors (Lipinski definition) is 2. The molecule has 0 heterocycles. The molecule has 108 valence electrons. The Balaban J connectivity index is 1.73. The second-order valence-electron chi connectivity index (χ2n) is 5.02. The molecule has 2 N–H and O–H groups in total. The van der Waals surface area contributed by atoms with Crippen molar-refractivity contribution in [1.82, 2.24) is 5.32 Å². The summed E-state index contributed by atoms with van der Waals surface area (Å²) in [7, 11) is 0. The molecule has 0 atom stereocenters. The molecule has 0 aromatic heterocycles. The summed E-state index contributed by atoms with van der Waals surface area (Å²) >= 11 is 11.8. The maximum Gasteiger partial charge on any atom is 0.306 e. The maximum atomic E-state index is 11.8. The third-order valence-electron chi connectivity index (χ3n) is 3.49. The van der Waals surface area contributed by atoms with Gasteiger partial charge in [-0.2, -0.15) is 0 Å². The lowest BCUT2D eigenvalue weighted by Gasteiger charge is -2.30. The SMILES string of the molecule is O=C(O)C1CC(C(=O)NCCc2cc(Cl)cc(Cl)c2)C1. The molecular weight excluding hydrogens is 301 g/mol. The van der Waals surface area contributed by atoms with Gasteiger partial charge in [-0.1, -0.05) is 23.2 Å². The molecule has 1 fully saturated rings. The summed E-state index contributed by atoms with van der Waals surface area (Å²) in [5.74, 6) is -1.42. The van der Waals surface area contributed by atoms with Gasteiger partial charge in [0.25, 0.3) is 0 Å². The first kappa shape index (κ1) is 15.1. The van der Waals surface area contributed by atoms with E-state index in [1.165, 1.54) is 0 Å². The van der Waals surface area contributed by atoms with Crippen molar-refractivity contribution >= 4 is 35.1 Å². The highest BCUT2D eigenvalue weighted by Gasteiger charge is 2.38. The molecular formula is C14H15Cl2NO3. The van der Waals surface area contributed by atoms with Crippen LogP contribution in [-0.4, -0.2) is 23.5 Å². The molecule has 1 aromatic carbocycles. The zero-order chi connectivity index (χ0) is 14.7. The quantitative estimate of drug-likeness (QED) is 0.878. The highest BCUT2D eigenvalue weighted by atomic mass is 35.5. The van der Waals surface area contributed by atoms with E-state index in [4.69, 9.17) is 28.3 Å². The first-order chi connectivity index (χ1) is 9.45. The van der Waals surface area contributed by atoms with Gasteiger partial charge in [0.15, 0.2) is 0 Å². The van der Waals surface area contributed by atoms with E-state index in [0.29, 0.717) is 35.9 Å². The van der Waals surface area contributed by atoms with Gasteiger partial charge in [0.05, 0.1) is 5.92 Å². The van der Waals surface area contributed by atoms with Crippen LogP contribution < -0.4 is 5.32 Å². The van der Waals surface area contributed by atoms with Crippen molar-refractivity contribution in [3.8, 4) is 0 Å². The van der Waals surface area contributed by atoms with Crippen molar-refractivity contribution in [3.05, 3.63) is 33.8 Å². The minimum atomic E-state index is -0.817. The number of carbonyl (C=O) groups is 2.